The zero-order chi connectivity index (χ0) is 17.8. The largest absolute Gasteiger partial charge is 0.411 e. The second kappa shape index (κ2) is 7.48. The van der Waals surface area contributed by atoms with Gasteiger partial charge in [0.05, 0.1) is 10.8 Å². The molecule has 0 spiro atoms. The molecule has 1 heterocycles. The Bertz CT molecular complexity index is 897. The number of hydrogen-bond acceptors (Lipinski definition) is 5. The van der Waals surface area contributed by atoms with Crippen molar-refractivity contribution in [1.29, 1.82) is 0 Å². The second-order valence-corrected chi connectivity index (χ2v) is 6.76. The van der Waals surface area contributed by atoms with Crippen molar-refractivity contribution in [2.75, 3.05) is 5.32 Å². The smallest absolute Gasteiger partial charge is 0.277 e. The molecule has 0 radical (unpaired) electrons. The van der Waals surface area contributed by atoms with E-state index in [2.05, 4.69) is 15.5 Å². The summed E-state index contributed by atoms with van der Waals surface area (Å²) in [7, 11) is 0. The molecule has 0 fully saturated rings. The summed E-state index contributed by atoms with van der Waals surface area (Å²) in [6.07, 6.45) is 0. The number of carbonyl (C=O) groups excluding carboxylic acids is 1. The summed E-state index contributed by atoms with van der Waals surface area (Å²) in [5.74, 6) is -0.527. The van der Waals surface area contributed by atoms with Gasteiger partial charge in [-0.25, -0.2) is 4.39 Å². The number of aromatic nitrogens is 2. The van der Waals surface area contributed by atoms with E-state index in [9.17, 15) is 9.18 Å². The van der Waals surface area contributed by atoms with Gasteiger partial charge in [0.2, 0.25) is 5.91 Å². The molecular formula is C18H16FN3O2S. The van der Waals surface area contributed by atoms with Crippen LogP contribution in [0.4, 0.5) is 10.1 Å². The van der Waals surface area contributed by atoms with Crippen molar-refractivity contribution in [3.05, 3.63) is 59.9 Å². The molecule has 0 aliphatic heterocycles. The maximum absolute atomic E-state index is 13.8. The predicted octanol–water partition coefficient (Wildman–Crippen LogP) is 4.30. The van der Waals surface area contributed by atoms with Crippen molar-refractivity contribution in [2.45, 2.75) is 24.3 Å². The molecule has 5 nitrogen and oxygen atoms in total. The third kappa shape index (κ3) is 4.24. The molecule has 0 bridgehead atoms. The molecule has 1 amide bonds. The molecule has 1 aromatic heterocycles. The lowest BCUT2D eigenvalue weighted by atomic mass is 10.2. The van der Waals surface area contributed by atoms with Crippen LogP contribution in [-0.2, 0) is 4.79 Å². The van der Waals surface area contributed by atoms with Gasteiger partial charge in [-0.3, -0.25) is 4.79 Å². The van der Waals surface area contributed by atoms with Crippen LogP contribution in [0.25, 0.3) is 11.5 Å². The van der Waals surface area contributed by atoms with E-state index in [-0.39, 0.29) is 22.6 Å². The molecule has 0 unspecified atom stereocenters. The van der Waals surface area contributed by atoms with Crippen LogP contribution in [0, 0.1) is 12.7 Å². The van der Waals surface area contributed by atoms with E-state index in [1.807, 2.05) is 31.2 Å². The number of thioether (sulfide) groups is 1. The Morgan fingerprint density at radius 2 is 2.00 bits per heavy atom. The highest BCUT2D eigenvalue weighted by molar-refractivity contribution is 8.00. The van der Waals surface area contributed by atoms with Gasteiger partial charge in [-0.15, -0.1) is 10.2 Å². The molecule has 3 rings (SSSR count). The van der Waals surface area contributed by atoms with Gasteiger partial charge in [0.15, 0.2) is 0 Å². The lowest BCUT2D eigenvalue weighted by Gasteiger charge is -2.10. The average molecular weight is 357 g/mol. The van der Waals surface area contributed by atoms with E-state index in [4.69, 9.17) is 4.42 Å². The SMILES string of the molecule is Cc1cccc(NC(=O)[C@@H](C)Sc2nnc(-c3ccccc3F)o2)c1. The van der Waals surface area contributed by atoms with E-state index in [1.165, 1.54) is 6.07 Å². The molecule has 25 heavy (non-hydrogen) atoms. The van der Waals surface area contributed by atoms with Gasteiger partial charge in [0.1, 0.15) is 5.82 Å². The van der Waals surface area contributed by atoms with Crippen molar-refractivity contribution in [3.63, 3.8) is 0 Å². The number of hydrogen-bond donors (Lipinski definition) is 1. The van der Waals surface area contributed by atoms with Gasteiger partial charge >= 0.3 is 0 Å². The van der Waals surface area contributed by atoms with Crippen molar-refractivity contribution in [3.8, 4) is 11.5 Å². The first-order valence-electron chi connectivity index (χ1n) is 7.65. The fourth-order valence-electron chi connectivity index (χ4n) is 2.17. The summed E-state index contributed by atoms with van der Waals surface area (Å²) in [6.45, 7) is 3.69. The van der Waals surface area contributed by atoms with E-state index >= 15 is 0 Å². The molecule has 1 atom stereocenters. The number of carbonyl (C=O) groups is 1. The highest BCUT2D eigenvalue weighted by Crippen LogP contribution is 2.28. The van der Waals surface area contributed by atoms with Gasteiger partial charge < -0.3 is 9.73 Å². The van der Waals surface area contributed by atoms with Crippen LogP contribution in [0.15, 0.2) is 58.2 Å². The van der Waals surface area contributed by atoms with Crippen LogP contribution in [0.2, 0.25) is 0 Å². The van der Waals surface area contributed by atoms with Crippen LogP contribution in [0.1, 0.15) is 12.5 Å². The number of nitrogens with zero attached hydrogens (tertiary/aromatic N) is 2. The molecule has 0 aliphatic rings. The Morgan fingerprint density at radius 3 is 2.76 bits per heavy atom. The lowest BCUT2D eigenvalue weighted by Crippen LogP contribution is -2.22. The standard InChI is InChI=1S/C18H16FN3O2S/c1-11-6-5-7-13(10-11)20-16(23)12(2)25-18-22-21-17(24-18)14-8-3-4-9-15(14)19/h3-10,12H,1-2H3,(H,20,23)/t12-/m1/s1. The number of anilines is 1. The summed E-state index contributed by atoms with van der Waals surface area (Å²) < 4.78 is 19.2. The Morgan fingerprint density at radius 1 is 1.20 bits per heavy atom. The van der Waals surface area contributed by atoms with Gasteiger partial charge in [-0.2, -0.15) is 0 Å². The third-order valence-electron chi connectivity index (χ3n) is 3.44. The van der Waals surface area contributed by atoms with Crippen LogP contribution >= 0.6 is 11.8 Å². The maximum Gasteiger partial charge on any atom is 0.277 e. The zero-order valence-corrected chi connectivity index (χ0v) is 14.5. The Hall–Kier alpha value is -2.67. The molecule has 1 N–H and O–H groups in total. The number of aryl methyl sites for hydroxylation is 1. The highest BCUT2D eigenvalue weighted by atomic mass is 32.2. The summed E-state index contributed by atoms with van der Waals surface area (Å²) in [5, 5.41) is 10.3. The first kappa shape index (κ1) is 17.2. The van der Waals surface area contributed by atoms with Crippen LogP contribution in [0.3, 0.4) is 0 Å². The van der Waals surface area contributed by atoms with Crippen LogP contribution < -0.4 is 5.32 Å². The molecule has 7 heteroatoms. The average Bonchev–Trinajstić information content (AvgIpc) is 3.03. The van der Waals surface area contributed by atoms with E-state index in [1.54, 1.807) is 25.1 Å². The first-order valence-corrected chi connectivity index (χ1v) is 8.53. The number of benzene rings is 2. The first-order chi connectivity index (χ1) is 12.0. The minimum Gasteiger partial charge on any atom is -0.411 e. The van der Waals surface area contributed by atoms with E-state index in [0.717, 1.165) is 23.0 Å². The second-order valence-electron chi connectivity index (χ2n) is 5.47. The quantitative estimate of drug-likeness (QED) is 0.690. The summed E-state index contributed by atoms with van der Waals surface area (Å²) in [4.78, 5) is 12.3. The molecule has 0 saturated carbocycles. The van der Waals surface area contributed by atoms with Gasteiger partial charge in [0, 0.05) is 5.69 Å². The minimum absolute atomic E-state index is 0.0897. The van der Waals surface area contributed by atoms with Crippen molar-refractivity contribution < 1.29 is 13.6 Å². The van der Waals surface area contributed by atoms with Crippen LogP contribution in [-0.4, -0.2) is 21.4 Å². The molecule has 3 aromatic rings. The van der Waals surface area contributed by atoms with E-state index < -0.39 is 11.1 Å². The molecule has 0 saturated heterocycles. The number of nitrogens with one attached hydrogen (secondary N) is 1. The predicted molar refractivity (Wildman–Crippen MR) is 94.8 cm³/mol. The highest BCUT2D eigenvalue weighted by Gasteiger charge is 2.19. The number of rotatable bonds is 5. The van der Waals surface area contributed by atoms with Crippen LogP contribution in [0.5, 0.6) is 0 Å². The zero-order valence-electron chi connectivity index (χ0n) is 13.7. The normalized spacial score (nSPS) is 12.0. The molecule has 0 aliphatic carbocycles. The fourth-order valence-corrected chi connectivity index (χ4v) is 2.86. The summed E-state index contributed by atoms with van der Waals surface area (Å²) >= 11 is 1.12. The number of halogens is 1. The van der Waals surface area contributed by atoms with Gasteiger partial charge in [-0.05, 0) is 43.7 Å². The topological polar surface area (TPSA) is 68.0 Å². The Balaban J connectivity index is 1.66. The molecular weight excluding hydrogens is 341 g/mol. The minimum atomic E-state index is -0.450. The lowest BCUT2D eigenvalue weighted by molar-refractivity contribution is -0.115. The van der Waals surface area contributed by atoms with Crippen molar-refractivity contribution in [2.24, 2.45) is 0 Å². The summed E-state index contributed by atoms with van der Waals surface area (Å²) in [5.41, 5.74) is 2.03. The van der Waals surface area contributed by atoms with Gasteiger partial charge in [0.25, 0.3) is 11.1 Å². The third-order valence-corrected chi connectivity index (χ3v) is 4.38. The summed E-state index contributed by atoms with van der Waals surface area (Å²) in [6, 6.07) is 13.7. The molecule has 2 aromatic carbocycles. The molecule has 128 valence electrons. The monoisotopic (exact) mass is 357 g/mol. The maximum atomic E-state index is 13.8. The Labute approximate surface area is 148 Å². The van der Waals surface area contributed by atoms with Crippen molar-refractivity contribution in [1.82, 2.24) is 10.2 Å². The van der Waals surface area contributed by atoms with E-state index in [0.29, 0.717) is 0 Å². The van der Waals surface area contributed by atoms with Gasteiger partial charge in [-0.1, -0.05) is 36.0 Å². The Kier molecular flexibility index (Phi) is 5.14. The fraction of sp³-hybridized carbons (Fsp3) is 0.167. The van der Waals surface area contributed by atoms with Crippen molar-refractivity contribution >= 4 is 23.4 Å². The number of amides is 1.